The molecule has 1 aromatic carbocycles. The molecule has 1 N–H and O–H groups in total. The molecule has 0 bridgehead atoms. The van der Waals surface area contributed by atoms with E-state index in [-0.39, 0.29) is 5.82 Å². The van der Waals surface area contributed by atoms with E-state index in [9.17, 15) is 4.39 Å². The molecule has 1 saturated heterocycles. The summed E-state index contributed by atoms with van der Waals surface area (Å²) in [6, 6.07) is 6.80. The van der Waals surface area contributed by atoms with Crippen molar-refractivity contribution in [1.29, 1.82) is 5.41 Å². The third kappa shape index (κ3) is 2.35. The molecule has 1 aliphatic heterocycles. The Morgan fingerprint density at radius 1 is 1.27 bits per heavy atom. The number of hydrogen-bond acceptors (Lipinski definition) is 1. The van der Waals surface area contributed by atoms with Crippen LogP contribution in [0.15, 0.2) is 24.3 Å². The zero-order valence-corrected chi connectivity index (χ0v) is 8.67. The van der Waals surface area contributed by atoms with Crippen LogP contribution in [0.4, 0.5) is 4.39 Å². The molecule has 0 radical (unpaired) electrons. The van der Waals surface area contributed by atoms with Gasteiger partial charge in [-0.15, -0.1) is 0 Å². The van der Waals surface area contributed by atoms with Gasteiger partial charge in [0.2, 0.25) is 0 Å². The maximum atomic E-state index is 13.4. The summed E-state index contributed by atoms with van der Waals surface area (Å²) in [5.41, 5.74) is 0.684. The van der Waals surface area contributed by atoms with Gasteiger partial charge in [0, 0.05) is 25.1 Å². The van der Waals surface area contributed by atoms with Crippen molar-refractivity contribution in [3.63, 3.8) is 0 Å². The highest BCUT2D eigenvalue weighted by Crippen LogP contribution is 2.16. The lowest BCUT2D eigenvalue weighted by Crippen LogP contribution is -2.34. The predicted octanol–water partition coefficient (Wildman–Crippen LogP) is 2.79. The van der Waals surface area contributed by atoms with Crippen molar-refractivity contribution in [2.75, 3.05) is 6.54 Å². The first-order chi connectivity index (χ1) is 7.27. The number of benzene rings is 1. The molecule has 2 nitrogen and oxygen atoms in total. The zero-order valence-electron chi connectivity index (χ0n) is 8.67. The molecule has 0 atom stereocenters. The van der Waals surface area contributed by atoms with Crippen molar-refractivity contribution in [2.45, 2.75) is 25.8 Å². The number of hydrogen-bond donors (Lipinski definition) is 1. The van der Waals surface area contributed by atoms with Crippen molar-refractivity contribution in [2.24, 2.45) is 0 Å². The second kappa shape index (κ2) is 4.43. The number of amidine groups is 1. The van der Waals surface area contributed by atoms with Gasteiger partial charge in [0.25, 0.3) is 0 Å². The van der Waals surface area contributed by atoms with Gasteiger partial charge in [-0.1, -0.05) is 18.2 Å². The highest BCUT2D eigenvalue weighted by atomic mass is 19.1. The van der Waals surface area contributed by atoms with Crippen LogP contribution in [0.25, 0.3) is 0 Å². The molecule has 80 valence electrons. The Labute approximate surface area is 89.2 Å². The fourth-order valence-electron chi connectivity index (χ4n) is 1.89. The molecule has 0 saturated carbocycles. The number of nitrogens with one attached hydrogen (secondary N) is 1. The zero-order chi connectivity index (χ0) is 10.7. The van der Waals surface area contributed by atoms with E-state index < -0.39 is 0 Å². The summed E-state index contributed by atoms with van der Waals surface area (Å²) in [7, 11) is 0. The fourth-order valence-corrected chi connectivity index (χ4v) is 1.89. The van der Waals surface area contributed by atoms with Crippen LogP contribution in [0.3, 0.4) is 0 Å². The Kier molecular flexibility index (Phi) is 2.99. The van der Waals surface area contributed by atoms with Gasteiger partial charge >= 0.3 is 0 Å². The summed E-state index contributed by atoms with van der Waals surface area (Å²) in [6.07, 6.45) is 3.03. The SMILES string of the molecule is N=C1CCCCN1Cc1ccccc1F. The number of halogens is 1. The Balaban J connectivity index is 2.08. The maximum Gasteiger partial charge on any atom is 0.128 e. The monoisotopic (exact) mass is 206 g/mol. The van der Waals surface area contributed by atoms with Gasteiger partial charge in [0.15, 0.2) is 0 Å². The normalized spacial score (nSPS) is 16.9. The lowest BCUT2D eigenvalue weighted by molar-refractivity contribution is 0.355. The van der Waals surface area contributed by atoms with Gasteiger partial charge in [-0.05, 0) is 18.9 Å². The molecule has 2 rings (SSSR count). The Morgan fingerprint density at radius 3 is 2.80 bits per heavy atom. The van der Waals surface area contributed by atoms with E-state index in [1.165, 1.54) is 6.07 Å². The van der Waals surface area contributed by atoms with Crippen molar-refractivity contribution < 1.29 is 4.39 Å². The second-order valence-corrected chi connectivity index (χ2v) is 3.92. The Hall–Kier alpha value is -1.38. The molecule has 1 fully saturated rings. The molecule has 0 aromatic heterocycles. The highest BCUT2D eigenvalue weighted by Gasteiger charge is 2.15. The maximum absolute atomic E-state index is 13.4. The summed E-state index contributed by atoms with van der Waals surface area (Å²) in [5, 5.41) is 7.77. The number of nitrogens with zero attached hydrogens (tertiary/aromatic N) is 1. The number of piperidine rings is 1. The summed E-state index contributed by atoms with van der Waals surface area (Å²) < 4.78 is 13.4. The van der Waals surface area contributed by atoms with Crippen LogP contribution < -0.4 is 0 Å². The van der Waals surface area contributed by atoms with E-state index in [4.69, 9.17) is 5.41 Å². The van der Waals surface area contributed by atoms with Crippen molar-refractivity contribution in [3.05, 3.63) is 35.6 Å². The fraction of sp³-hybridized carbons (Fsp3) is 0.417. The van der Waals surface area contributed by atoms with Gasteiger partial charge in [0.1, 0.15) is 5.82 Å². The van der Waals surface area contributed by atoms with Crippen LogP contribution >= 0.6 is 0 Å². The minimum atomic E-state index is -0.170. The molecule has 3 heteroatoms. The minimum Gasteiger partial charge on any atom is -0.356 e. The summed E-state index contributed by atoms with van der Waals surface area (Å²) in [5.74, 6) is 0.473. The third-order valence-corrected chi connectivity index (χ3v) is 2.79. The van der Waals surface area contributed by atoms with E-state index in [1.54, 1.807) is 12.1 Å². The van der Waals surface area contributed by atoms with E-state index in [0.717, 1.165) is 25.8 Å². The third-order valence-electron chi connectivity index (χ3n) is 2.79. The van der Waals surface area contributed by atoms with Crippen molar-refractivity contribution in [3.8, 4) is 0 Å². The lowest BCUT2D eigenvalue weighted by atomic mass is 10.1. The first-order valence-corrected chi connectivity index (χ1v) is 5.33. The number of rotatable bonds is 2. The summed E-state index contributed by atoms with van der Waals surface area (Å²) in [4.78, 5) is 1.96. The quantitative estimate of drug-likeness (QED) is 0.791. The Morgan fingerprint density at radius 2 is 2.07 bits per heavy atom. The molecule has 15 heavy (non-hydrogen) atoms. The molecule has 0 aliphatic carbocycles. The molecule has 1 aliphatic rings. The van der Waals surface area contributed by atoms with E-state index in [0.29, 0.717) is 17.9 Å². The van der Waals surface area contributed by atoms with Gasteiger partial charge in [0.05, 0.1) is 5.84 Å². The Bertz CT molecular complexity index is 362. The standard InChI is InChI=1S/C12H15FN2/c13-11-6-2-1-5-10(11)9-15-8-4-3-7-12(15)14/h1-2,5-6,14H,3-4,7-9H2. The molecule has 0 unspecified atom stereocenters. The summed E-state index contributed by atoms with van der Waals surface area (Å²) >= 11 is 0. The summed E-state index contributed by atoms with van der Waals surface area (Å²) in [6.45, 7) is 1.42. The first kappa shape index (κ1) is 10.1. The van der Waals surface area contributed by atoms with E-state index in [2.05, 4.69) is 0 Å². The average molecular weight is 206 g/mol. The molecule has 1 heterocycles. The molecule has 0 amide bonds. The van der Waals surface area contributed by atoms with Gasteiger partial charge in [-0.3, -0.25) is 5.41 Å². The highest BCUT2D eigenvalue weighted by molar-refractivity contribution is 5.79. The van der Waals surface area contributed by atoms with Gasteiger partial charge in [-0.25, -0.2) is 4.39 Å². The molecule has 1 aromatic rings. The largest absolute Gasteiger partial charge is 0.356 e. The number of likely N-dealkylation sites (tertiary alicyclic amines) is 1. The van der Waals surface area contributed by atoms with Crippen LogP contribution in [0.1, 0.15) is 24.8 Å². The smallest absolute Gasteiger partial charge is 0.128 e. The lowest BCUT2D eigenvalue weighted by Gasteiger charge is -2.29. The van der Waals surface area contributed by atoms with E-state index >= 15 is 0 Å². The predicted molar refractivity (Wildman–Crippen MR) is 58.4 cm³/mol. The van der Waals surface area contributed by atoms with Gasteiger partial charge in [-0.2, -0.15) is 0 Å². The topological polar surface area (TPSA) is 27.1 Å². The van der Waals surface area contributed by atoms with Crippen LogP contribution in [-0.4, -0.2) is 17.3 Å². The second-order valence-electron chi connectivity index (χ2n) is 3.92. The van der Waals surface area contributed by atoms with Crippen LogP contribution in [-0.2, 0) is 6.54 Å². The molecular weight excluding hydrogens is 191 g/mol. The van der Waals surface area contributed by atoms with E-state index in [1.807, 2.05) is 11.0 Å². The molecular formula is C12H15FN2. The minimum absolute atomic E-state index is 0.170. The van der Waals surface area contributed by atoms with Crippen molar-refractivity contribution in [1.82, 2.24) is 4.90 Å². The average Bonchev–Trinajstić information content (AvgIpc) is 2.24. The molecule has 0 spiro atoms. The first-order valence-electron chi connectivity index (χ1n) is 5.33. The van der Waals surface area contributed by atoms with Crippen LogP contribution in [0.2, 0.25) is 0 Å². The van der Waals surface area contributed by atoms with Crippen LogP contribution in [0.5, 0.6) is 0 Å². The van der Waals surface area contributed by atoms with Gasteiger partial charge < -0.3 is 4.90 Å². The van der Waals surface area contributed by atoms with Crippen LogP contribution in [0, 0.1) is 11.2 Å². The van der Waals surface area contributed by atoms with Crippen molar-refractivity contribution >= 4 is 5.84 Å².